The fraction of sp³-hybridized carbons (Fsp3) is 0.500. The Morgan fingerprint density at radius 3 is 2.77 bits per heavy atom. The van der Waals surface area contributed by atoms with Crippen molar-refractivity contribution < 1.29 is 4.79 Å². The highest BCUT2D eigenvalue weighted by atomic mass is 32.1. The summed E-state index contributed by atoms with van der Waals surface area (Å²) in [6, 6.07) is 3.97. The summed E-state index contributed by atoms with van der Waals surface area (Å²) in [5, 5.41) is 0. The zero-order valence-electron chi connectivity index (χ0n) is 7.53. The number of hydrogen-bond donors (Lipinski definition) is 0. The SMILES string of the molecule is O=Cc1ccc(CN2CCCC2)s1. The van der Waals surface area contributed by atoms with Crippen molar-refractivity contribution in [1.29, 1.82) is 0 Å². The maximum atomic E-state index is 10.5. The van der Waals surface area contributed by atoms with E-state index in [0.29, 0.717) is 0 Å². The van der Waals surface area contributed by atoms with E-state index in [9.17, 15) is 4.79 Å². The minimum Gasteiger partial charge on any atom is -0.298 e. The Bertz CT molecular complexity index is 289. The highest BCUT2D eigenvalue weighted by molar-refractivity contribution is 7.13. The molecule has 13 heavy (non-hydrogen) atoms. The zero-order valence-corrected chi connectivity index (χ0v) is 8.35. The van der Waals surface area contributed by atoms with Gasteiger partial charge in [0.25, 0.3) is 0 Å². The molecule has 0 radical (unpaired) electrons. The highest BCUT2D eigenvalue weighted by Gasteiger charge is 2.12. The fourth-order valence-corrected chi connectivity index (χ4v) is 2.57. The van der Waals surface area contributed by atoms with Gasteiger partial charge in [0.2, 0.25) is 0 Å². The number of likely N-dealkylation sites (tertiary alicyclic amines) is 1. The lowest BCUT2D eigenvalue weighted by Gasteiger charge is -2.12. The average molecular weight is 195 g/mol. The summed E-state index contributed by atoms with van der Waals surface area (Å²) >= 11 is 1.61. The van der Waals surface area contributed by atoms with E-state index in [4.69, 9.17) is 0 Å². The van der Waals surface area contributed by atoms with Crippen LogP contribution in [-0.4, -0.2) is 24.3 Å². The van der Waals surface area contributed by atoms with Gasteiger partial charge in [0.05, 0.1) is 4.88 Å². The van der Waals surface area contributed by atoms with Crippen molar-refractivity contribution in [2.24, 2.45) is 0 Å². The van der Waals surface area contributed by atoms with Crippen molar-refractivity contribution in [2.75, 3.05) is 13.1 Å². The maximum absolute atomic E-state index is 10.5. The van der Waals surface area contributed by atoms with Gasteiger partial charge in [-0.15, -0.1) is 11.3 Å². The third kappa shape index (κ3) is 2.17. The number of hydrogen-bond acceptors (Lipinski definition) is 3. The second kappa shape index (κ2) is 4.03. The van der Waals surface area contributed by atoms with Gasteiger partial charge in [-0.1, -0.05) is 0 Å². The minimum absolute atomic E-state index is 0.842. The molecule has 0 unspecified atom stereocenters. The van der Waals surface area contributed by atoms with E-state index in [-0.39, 0.29) is 0 Å². The molecule has 0 aliphatic carbocycles. The molecule has 3 heteroatoms. The number of carbonyl (C=O) groups excluding carboxylic acids is 1. The molecule has 0 spiro atoms. The Morgan fingerprint density at radius 1 is 1.38 bits per heavy atom. The van der Waals surface area contributed by atoms with Crippen molar-refractivity contribution in [3.8, 4) is 0 Å². The molecule has 1 aromatic rings. The van der Waals surface area contributed by atoms with Crippen LogP contribution in [0.2, 0.25) is 0 Å². The summed E-state index contributed by atoms with van der Waals surface area (Å²) in [5.41, 5.74) is 0. The molecule has 2 heterocycles. The lowest BCUT2D eigenvalue weighted by molar-refractivity contribution is 0.112. The fourth-order valence-electron chi connectivity index (χ4n) is 1.70. The lowest BCUT2D eigenvalue weighted by Crippen LogP contribution is -2.17. The summed E-state index contributed by atoms with van der Waals surface area (Å²) < 4.78 is 0. The summed E-state index contributed by atoms with van der Waals surface area (Å²) in [4.78, 5) is 15.0. The Morgan fingerprint density at radius 2 is 2.15 bits per heavy atom. The van der Waals surface area contributed by atoms with Gasteiger partial charge in [-0.25, -0.2) is 0 Å². The van der Waals surface area contributed by atoms with Crippen LogP contribution in [0.3, 0.4) is 0 Å². The molecular weight excluding hydrogens is 182 g/mol. The molecule has 1 aliphatic rings. The Kier molecular flexibility index (Phi) is 2.76. The van der Waals surface area contributed by atoms with E-state index >= 15 is 0 Å². The predicted octanol–water partition coefficient (Wildman–Crippen LogP) is 2.16. The van der Waals surface area contributed by atoms with E-state index in [1.807, 2.05) is 6.07 Å². The van der Waals surface area contributed by atoms with Gasteiger partial charge in [0.15, 0.2) is 6.29 Å². The second-order valence-electron chi connectivity index (χ2n) is 3.41. The van der Waals surface area contributed by atoms with Crippen LogP contribution in [0, 0.1) is 0 Å². The first-order chi connectivity index (χ1) is 6.38. The van der Waals surface area contributed by atoms with Crippen molar-refractivity contribution in [2.45, 2.75) is 19.4 Å². The van der Waals surface area contributed by atoms with Crippen molar-refractivity contribution in [1.82, 2.24) is 4.90 Å². The second-order valence-corrected chi connectivity index (χ2v) is 4.61. The standard InChI is InChI=1S/C10H13NOS/c12-8-10-4-3-9(13-10)7-11-5-1-2-6-11/h3-4,8H,1-2,5-7H2. The third-order valence-electron chi connectivity index (χ3n) is 2.38. The largest absolute Gasteiger partial charge is 0.298 e. The quantitative estimate of drug-likeness (QED) is 0.689. The lowest BCUT2D eigenvalue weighted by atomic mass is 10.4. The first-order valence-electron chi connectivity index (χ1n) is 4.65. The van der Waals surface area contributed by atoms with Crippen LogP contribution in [0.25, 0.3) is 0 Å². The van der Waals surface area contributed by atoms with Crippen molar-refractivity contribution in [3.05, 3.63) is 21.9 Å². The summed E-state index contributed by atoms with van der Waals surface area (Å²) in [5.74, 6) is 0. The number of carbonyl (C=O) groups is 1. The highest BCUT2D eigenvalue weighted by Crippen LogP contribution is 2.19. The third-order valence-corrected chi connectivity index (χ3v) is 3.37. The van der Waals surface area contributed by atoms with Gasteiger partial charge in [-0.2, -0.15) is 0 Å². The molecule has 0 bridgehead atoms. The Labute approximate surface area is 82.2 Å². The summed E-state index contributed by atoms with van der Waals surface area (Å²) in [6.07, 6.45) is 3.58. The smallest absolute Gasteiger partial charge is 0.160 e. The number of aldehydes is 1. The molecule has 70 valence electrons. The van der Waals surface area contributed by atoms with Crippen molar-refractivity contribution >= 4 is 17.6 Å². The zero-order chi connectivity index (χ0) is 9.10. The molecule has 0 N–H and O–H groups in total. The van der Waals surface area contributed by atoms with Crippen LogP contribution >= 0.6 is 11.3 Å². The number of rotatable bonds is 3. The molecule has 1 saturated heterocycles. The number of nitrogens with zero attached hydrogens (tertiary/aromatic N) is 1. The molecule has 2 nitrogen and oxygen atoms in total. The van der Waals surface area contributed by atoms with Gasteiger partial charge in [0.1, 0.15) is 0 Å². The molecule has 1 aromatic heterocycles. The van der Waals surface area contributed by atoms with E-state index < -0.39 is 0 Å². The molecule has 0 atom stereocenters. The average Bonchev–Trinajstić information content (AvgIpc) is 2.76. The first-order valence-corrected chi connectivity index (χ1v) is 5.46. The molecular formula is C10H13NOS. The first kappa shape index (κ1) is 8.91. The van der Waals surface area contributed by atoms with Gasteiger partial charge in [-0.3, -0.25) is 9.69 Å². The predicted molar refractivity (Wildman–Crippen MR) is 54.2 cm³/mol. The van der Waals surface area contributed by atoms with Crippen molar-refractivity contribution in [3.63, 3.8) is 0 Å². The maximum Gasteiger partial charge on any atom is 0.160 e. The van der Waals surface area contributed by atoms with E-state index in [0.717, 1.165) is 17.7 Å². The van der Waals surface area contributed by atoms with Gasteiger partial charge in [-0.05, 0) is 38.1 Å². The van der Waals surface area contributed by atoms with E-state index in [1.54, 1.807) is 11.3 Å². The Balaban J connectivity index is 1.96. The normalized spacial score (nSPS) is 17.8. The monoisotopic (exact) mass is 195 g/mol. The van der Waals surface area contributed by atoms with E-state index in [2.05, 4.69) is 11.0 Å². The van der Waals surface area contributed by atoms with Crippen LogP contribution in [0.4, 0.5) is 0 Å². The molecule has 0 saturated carbocycles. The van der Waals surface area contributed by atoms with Crippen LogP contribution in [0.15, 0.2) is 12.1 Å². The van der Waals surface area contributed by atoms with Crippen LogP contribution < -0.4 is 0 Å². The molecule has 2 rings (SSSR count). The minimum atomic E-state index is 0.842. The number of thiophene rings is 1. The summed E-state index contributed by atoms with van der Waals surface area (Å²) in [7, 11) is 0. The van der Waals surface area contributed by atoms with Gasteiger partial charge < -0.3 is 0 Å². The summed E-state index contributed by atoms with van der Waals surface area (Å²) in [6.45, 7) is 3.46. The topological polar surface area (TPSA) is 20.3 Å². The Hall–Kier alpha value is -0.670. The van der Waals surface area contributed by atoms with Crippen LogP contribution in [0.5, 0.6) is 0 Å². The molecule has 0 amide bonds. The van der Waals surface area contributed by atoms with Gasteiger partial charge in [0, 0.05) is 11.4 Å². The van der Waals surface area contributed by atoms with Gasteiger partial charge >= 0.3 is 0 Å². The van der Waals surface area contributed by atoms with Crippen LogP contribution in [0.1, 0.15) is 27.4 Å². The van der Waals surface area contributed by atoms with Crippen LogP contribution in [-0.2, 0) is 6.54 Å². The van der Waals surface area contributed by atoms with E-state index in [1.165, 1.54) is 30.8 Å². The molecule has 0 aromatic carbocycles. The molecule has 1 fully saturated rings. The molecule has 1 aliphatic heterocycles.